The van der Waals surface area contributed by atoms with Gasteiger partial charge in [-0.1, -0.05) is 121 Å². The molecule has 0 aliphatic rings. The van der Waals surface area contributed by atoms with Crippen LogP contribution in [0, 0.1) is 0 Å². The molecule has 0 fully saturated rings. The van der Waals surface area contributed by atoms with Crippen LogP contribution < -0.4 is 21.2 Å². The first kappa shape index (κ1) is 34.8. The molecule has 0 aliphatic carbocycles. The molecule has 0 unspecified atom stereocenters. The fourth-order valence-electron chi connectivity index (χ4n) is 3.45. The number of benzene rings is 4. The van der Waals surface area contributed by atoms with Gasteiger partial charge in [-0.3, -0.25) is 0 Å². The molecule has 0 saturated heterocycles. The van der Waals surface area contributed by atoms with Crippen LogP contribution in [0.2, 0.25) is 0 Å². The van der Waals surface area contributed by atoms with E-state index in [2.05, 4.69) is 121 Å². The Balaban J connectivity index is 0.000000595. The Kier molecular flexibility index (Phi) is 15.6. The van der Waals surface area contributed by atoms with E-state index in [0.717, 1.165) is 0 Å². The fraction of sp³-hybridized carbons (Fsp3) is 0.0769. The zero-order chi connectivity index (χ0) is 28.0. The van der Waals surface area contributed by atoms with Gasteiger partial charge in [-0.25, -0.2) is 0 Å². The number of rotatable bonds is 7. The van der Waals surface area contributed by atoms with E-state index in [1.165, 1.54) is 33.5 Å². The second kappa shape index (κ2) is 17.5. The Hall–Kier alpha value is -2.20. The minimum atomic E-state index is -6.00. The molecule has 0 aliphatic heterocycles. The molecule has 0 N–H and O–H groups in total. The zero-order valence-corrected chi connectivity index (χ0v) is 23.1. The van der Waals surface area contributed by atoms with Crippen molar-refractivity contribution >= 4 is 51.6 Å². The summed E-state index contributed by atoms with van der Waals surface area (Å²) in [6.07, 6.45) is 2.41. The maximum atomic E-state index is 9.75. The maximum absolute atomic E-state index is 9.75. The topological polar surface area (TPSA) is 0 Å². The quantitative estimate of drug-likeness (QED) is 0.111. The van der Waals surface area contributed by atoms with E-state index >= 15 is 0 Å². The molecule has 0 spiro atoms. The molecule has 39 heavy (non-hydrogen) atoms. The summed E-state index contributed by atoms with van der Waals surface area (Å²) in [7, 11) is -12.7. The first-order valence-corrected chi connectivity index (χ1v) is 14.5. The van der Waals surface area contributed by atoms with Gasteiger partial charge in [0.25, 0.3) is 0 Å². The van der Waals surface area contributed by atoms with Crippen LogP contribution in [0.5, 0.6) is 0 Å². The van der Waals surface area contributed by atoms with E-state index in [9.17, 15) is 34.5 Å². The summed E-state index contributed by atoms with van der Waals surface area (Å²) in [5, 5.41) is 5.89. The standard InChI is InChI=1S/C26H24P2.2BF4.Ni/c1-5-13-23(14-6-1)27(24-15-7-2-8-16-24)21-22-28(25-17-9-3-10-18-25)26-19-11-4-12-20-26;2*2-1(3,4)5;/h1-20H,21-22H2;;;/q;2*-1;+2. The molecular formula is C26H24B2F8NiP2. The largest absolute Gasteiger partial charge is 2.00 e. The van der Waals surface area contributed by atoms with Gasteiger partial charge in [0.05, 0.1) is 0 Å². The van der Waals surface area contributed by atoms with Crippen LogP contribution in [0.1, 0.15) is 0 Å². The smallest absolute Gasteiger partial charge is 0.418 e. The molecule has 0 atom stereocenters. The Morgan fingerprint density at radius 1 is 0.359 bits per heavy atom. The number of halogens is 8. The molecule has 0 radical (unpaired) electrons. The molecule has 0 aromatic heterocycles. The van der Waals surface area contributed by atoms with Gasteiger partial charge in [0.1, 0.15) is 0 Å². The van der Waals surface area contributed by atoms with Crippen LogP contribution in [-0.4, -0.2) is 26.8 Å². The first-order chi connectivity index (χ1) is 17.9. The third-order valence-corrected chi connectivity index (χ3v) is 10.2. The van der Waals surface area contributed by atoms with E-state index in [-0.39, 0.29) is 32.3 Å². The van der Waals surface area contributed by atoms with Gasteiger partial charge in [0.2, 0.25) is 0 Å². The Morgan fingerprint density at radius 2 is 0.513 bits per heavy atom. The summed E-state index contributed by atoms with van der Waals surface area (Å²) in [5.74, 6) is 0. The molecule has 13 heteroatoms. The Morgan fingerprint density at radius 3 is 0.667 bits per heavy atom. The molecule has 4 aromatic rings. The van der Waals surface area contributed by atoms with Crippen molar-refractivity contribution in [2.24, 2.45) is 0 Å². The molecule has 4 rings (SSSR count). The van der Waals surface area contributed by atoms with Gasteiger partial charge in [0.15, 0.2) is 0 Å². The van der Waals surface area contributed by atoms with Gasteiger partial charge < -0.3 is 34.5 Å². The van der Waals surface area contributed by atoms with Crippen LogP contribution in [0.25, 0.3) is 0 Å². The van der Waals surface area contributed by atoms with Crippen LogP contribution in [0.15, 0.2) is 121 Å². The monoisotopic (exact) mass is 630 g/mol. The summed E-state index contributed by atoms with van der Waals surface area (Å²) in [6.45, 7) is 0. The predicted molar refractivity (Wildman–Crippen MR) is 148 cm³/mol. The van der Waals surface area contributed by atoms with Gasteiger partial charge in [-0.05, 0) is 49.4 Å². The maximum Gasteiger partial charge on any atom is 2.00 e. The summed E-state index contributed by atoms with van der Waals surface area (Å²) in [4.78, 5) is 0. The summed E-state index contributed by atoms with van der Waals surface area (Å²) in [6, 6.07) is 44.2. The molecule has 0 bridgehead atoms. The second-order valence-corrected chi connectivity index (χ2v) is 12.3. The minimum absolute atomic E-state index is 0. The fourth-order valence-corrected chi connectivity index (χ4v) is 8.80. The van der Waals surface area contributed by atoms with Crippen LogP contribution in [0.4, 0.5) is 34.5 Å². The average Bonchev–Trinajstić information content (AvgIpc) is 2.87. The van der Waals surface area contributed by atoms with E-state index in [1.807, 2.05) is 0 Å². The van der Waals surface area contributed by atoms with Gasteiger partial charge in [-0.2, -0.15) is 0 Å². The first-order valence-electron chi connectivity index (χ1n) is 11.4. The van der Waals surface area contributed by atoms with Gasteiger partial charge in [-0.15, -0.1) is 0 Å². The van der Waals surface area contributed by atoms with Crippen molar-refractivity contribution < 1.29 is 51.0 Å². The van der Waals surface area contributed by atoms with E-state index in [4.69, 9.17) is 0 Å². The van der Waals surface area contributed by atoms with Crippen molar-refractivity contribution in [3.8, 4) is 0 Å². The van der Waals surface area contributed by atoms with E-state index < -0.39 is 14.5 Å². The van der Waals surface area contributed by atoms with Crippen molar-refractivity contribution in [2.45, 2.75) is 0 Å². The SMILES string of the molecule is F[B-](F)(F)F.F[B-](F)(F)F.[Ni+2].c1ccc(P(CCP(c2ccccc2)c2ccccc2)c2ccccc2)cc1. The van der Waals surface area contributed by atoms with E-state index in [0.29, 0.717) is 0 Å². The Labute approximate surface area is 235 Å². The third kappa shape index (κ3) is 15.9. The van der Waals surface area contributed by atoms with Crippen LogP contribution >= 0.6 is 15.8 Å². The van der Waals surface area contributed by atoms with Crippen molar-refractivity contribution in [2.75, 3.05) is 12.3 Å². The van der Waals surface area contributed by atoms with Crippen molar-refractivity contribution in [1.82, 2.24) is 0 Å². The van der Waals surface area contributed by atoms with Crippen LogP contribution in [0.3, 0.4) is 0 Å². The van der Waals surface area contributed by atoms with E-state index in [1.54, 1.807) is 0 Å². The zero-order valence-electron chi connectivity index (χ0n) is 20.4. The third-order valence-electron chi connectivity index (χ3n) is 4.82. The summed E-state index contributed by atoms with van der Waals surface area (Å²) >= 11 is 0. The Bertz CT molecular complexity index is 985. The minimum Gasteiger partial charge on any atom is -0.418 e. The number of hydrogen-bond acceptors (Lipinski definition) is 0. The summed E-state index contributed by atoms with van der Waals surface area (Å²) in [5.41, 5.74) is 0. The molecule has 0 nitrogen and oxygen atoms in total. The molecule has 0 amide bonds. The summed E-state index contributed by atoms with van der Waals surface area (Å²) < 4.78 is 78.0. The molecule has 210 valence electrons. The van der Waals surface area contributed by atoms with Crippen molar-refractivity contribution in [3.05, 3.63) is 121 Å². The molecular weight excluding hydrogens is 607 g/mol. The number of hydrogen-bond donors (Lipinski definition) is 0. The van der Waals surface area contributed by atoms with Gasteiger partial charge in [0, 0.05) is 0 Å². The molecule has 0 heterocycles. The average molecular weight is 631 g/mol. The van der Waals surface area contributed by atoms with Gasteiger partial charge >= 0.3 is 31.0 Å². The molecule has 4 aromatic carbocycles. The second-order valence-electron chi connectivity index (χ2n) is 7.64. The predicted octanol–water partition coefficient (Wildman–Crippen LogP) is 7.85. The van der Waals surface area contributed by atoms with Crippen molar-refractivity contribution in [1.29, 1.82) is 0 Å². The molecule has 0 saturated carbocycles. The van der Waals surface area contributed by atoms with Crippen molar-refractivity contribution in [3.63, 3.8) is 0 Å². The normalized spacial score (nSPS) is 11.0. The van der Waals surface area contributed by atoms with Crippen LogP contribution in [-0.2, 0) is 16.5 Å².